The van der Waals surface area contributed by atoms with Crippen LogP contribution in [0.25, 0.3) is 0 Å². The van der Waals surface area contributed by atoms with Crippen LogP contribution in [0.2, 0.25) is 0 Å². The Kier molecular flexibility index (Phi) is 5.59. The number of carbonyl (C=O) groups excluding carboxylic acids is 1. The molecule has 1 aliphatic rings. The lowest BCUT2D eigenvalue weighted by Crippen LogP contribution is -2.49. The summed E-state index contributed by atoms with van der Waals surface area (Å²) in [7, 11) is 0. The molecule has 4 unspecified atom stereocenters. The molecule has 1 heterocycles. The van der Waals surface area contributed by atoms with E-state index in [1.54, 1.807) is 0 Å². The fraction of sp³-hybridized carbons (Fsp3) is 0.611. The Bertz CT molecular complexity index is 508. The molecule has 1 fully saturated rings. The summed E-state index contributed by atoms with van der Waals surface area (Å²) in [5.74, 6) is -0.00713. The van der Waals surface area contributed by atoms with E-state index >= 15 is 0 Å². The SMILES string of the molecule is Cc1cccc(C(O)CNC(=O)C(C)N2C(C)CCC2C)c1. The van der Waals surface area contributed by atoms with Crippen LogP contribution in [0.3, 0.4) is 0 Å². The van der Waals surface area contributed by atoms with Gasteiger partial charge >= 0.3 is 0 Å². The van der Waals surface area contributed by atoms with Crippen LogP contribution >= 0.6 is 0 Å². The number of aliphatic hydroxyl groups is 1. The third-order valence-electron chi connectivity index (χ3n) is 4.74. The van der Waals surface area contributed by atoms with Crippen molar-refractivity contribution >= 4 is 5.91 Å². The molecule has 2 rings (SSSR count). The highest BCUT2D eigenvalue weighted by molar-refractivity contribution is 5.81. The molecule has 0 bridgehead atoms. The van der Waals surface area contributed by atoms with Gasteiger partial charge in [-0.3, -0.25) is 9.69 Å². The fourth-order valence-corrected chi connectivity index (χ4v) is 3.45. The second-order valence-electron chi connectivity index (χ2n) is 6.57. The second kappa shape index (κ2) is 7.25. The number of hydrogen-bond donors (Lipinski definition) is 2. The predicted octanol–water partition coefficient (Wildman–Crippen LogP) is 2.41. The van der Waals surface area contributed by atoms with Crippen molar-refractivity contribution < 1.29 is 9.90 Å². The van der Waals surface area contributed by atoms with E-state index in [4.69, 9.17) is 0 Å². The zero-order valence-corrected chi connectivity index (χ0v) is 14.0. The number of likely N-dealkylation sites (tertiary alicyclic amines) is 1. The lowest BCUT2D eigenvalue weighted by atomic mass is 10.1. The van der Waals surface area contributed by atoms with Gasteiger partial charge in [0.15, 0.2) is 0 Å². The molecule has 1 saturated heterocycles. The molecule has 122 valence electrons. The summed E-state index contributed by atoms with van der Waals surface area (Å²) in [6, 6.07) is 8.48. The Hall–Kier alpha value is -1.39. The van der Waals surface area contributed by atoms with Crippen LogP contribution in [0, 0.1) is 6.92 Å². The molecule has 4 heteroatoms. The van der Waals surface area contributed by atoms with Crippen LogP contribution in [0.4, 0.5) is 0 Å². The Morgan fingerprint density at radius 2 is 2.00 bits per heavy atom. The van der Waals surface area contributed by atoms with Gasteiger partial charge < -0.3 is 10.4 Å². The van der Waals surface area contributed by atoms with Gasteiger partial charge in [-0.15, -0.1) is 0 Å². The van der Waals surface area contributed by atoms with Gasteiger partial charge in [-0.2, -0.15) is 0 Å². The number of aryl methyl sites for hydroxylation is 1. The zero-order chi connectivity index (χ0) is 16.3. The predicted molar refractivity (Wildman–Crippen MR) is 88.6 cm³/mol. The first-order valence-electron chi connectivity index (χ1n) is 8.20. The standard InChI is InChI=1S/C18H28N2O2/c1-12-6-5-7-16(10-12)17(21)11-19-18(22)15(4)20-13(2)8-9-14(20)3/h5-7,10,13-15,17,21H,8-9,11H2,1-4H3,(H,19,22). The van der Waals surface area contributed by atoms with Crippen LogP contribution in [0.1, 0.15) is 50.8 Å². The summed E-state index contributed by atoms with van der Waals surface area (Å²) in [5, 5.41) is 13.1. The van der Waals surface area contributed by atoms with Gasteiger partial charge in [-0.25, -0.2) is 0 Å². The van der Waals surface area contributed by atoms with Crippen molar-refractivity contribution in [3.63, 3.8) is 0 Å². The topological polar surface area (TPSA) is 52.6 Å². The van der Waals surface area contributed by atoms with E-state index in [9.17, 15) is 9.90 Å². The summed E-state index contributed by atoms with van der Waals surface area (Å²) >= 11 is 0. The third-order valence-corrected chi connectivity index (χ3v) is 4.74. The summed E-state index contributed by atoms with van der Waals surface area (Å²) in [6.45, 7) is 8.55. The van der Waals surface area contributed by atoms with Crippen LogP contribution in [0.15, 0.2) is 24.3 Å². The number of aliphatic hydroxyl groups excluding tert-OH is 1. The van der Waals surface area contributed by atoms with Crippen molar-refractivity contribution in [2.75, 3.05) is 6.54 Å². The zero-order valence-electron chi connectivity index (χ0n) is 14.0. The van der Waals surface area contributed by atoms with Gasteiger partial charge in [0.25, 0.3) is 0 Å². The van der Waals surface area contributed by atoms with Crippen molar-refractivity contribution in [2.45, 2.75) is 64.8 Å². The number of nitrogens with zero attached hydrogens (tertiary/aromatic N) is 1. The van der Waals surface area contributed by atoms with Crippen LogP contribution in [-0.2, 0) is 4.79 Å². The molecular weight excluding hydrogens is 276 g/mol. The molecule has 22 heavy (non-hydrogen) atoms. The lowest BCUT2D eigenvalue weighted by Gasteiger charge is -2.31. The van der Waals surface area contributed by atoms with E-state index in [0.717, 1.165) is 24.0 Å². The van der Waals surface area contributed by atoms with Crippen molar-refractivity contribution in [1.82, 2.24) is 10.2 Å². The average molecular weight is 304 g/mol. The monoisotopic (exact) mass is 304 g/mol. The molecular formula is C18H28N2O2. The first-order valence-corrected chi connectivity index (χ1v) is 8.20. The van der Waals surface area contributed by atoms with Crippen molar-refractivity contribution in [2.24, 2.45) is 0 Å². The van der Waals surface area contributed by atoms with E-state index in [0.29, 0.717) is 12.1 Å². The largest absolute Gasteiger partial charge is 0.387 e. The van der Waals surface area contributed by atoms with E-state index in [1.165, 1.54) is 0 Å². The van der Waals surface area contributed by atoms with Gasteiger partial charge in [0.2, 0.25) is 5.91 Å². The van der Waals surface area contributed by atoms with E-state index in [2.05, 4.69) is 24.1 Å². The van der Waals surface area contributed by atoms with Crippen molar-refractivity contribution in [3.05, 3.63) is 35.4 Å². The van der Waals surface area contributed by atoms with Crippen molar-refractivity contribution in [1.29, 1.82) is 0 Å². The van der Waals surface area contributed by atoms with Crippen LogP contribution in [-0.4, -0.2) is 40.6 Å². The number of nitrogens with one attached hydrogen (secondary N) is 1. The molecule has 0 radical (unpaired) electrons. The number of benzene rings is 1. The fourth-order valence-electron chi connectivity index (χ4n) is 3.45. The number of carbonyl (C=O) groups is 1. The maximum Gasteiger partial charge on any atom is 0.237 e. The van der Waals surface area contributed by atoms with Gasteiger partial charge in [-0.05, 0) is 46.1 Å². The average Bonchev–Trinajstić information content (AvgIpc) is 2.82. The minimum absolute atomic E-state index is 0.00713. The molecule has 4 nitrogen and oxygen atoms in total. The summed E-state index contributed by atoms with van der Waals surface area (Å²) in [5.41, 5.74) is 1.95. The molecule has 1 aromatic carbocycles. The Balaban J connectivity index is 1.89. The molecule has 0 saturated carbocycles. The highest BCUT2D eigenvalue weighted by Crippen LogP contribution is 2.26. The van der Waals surface area contributed by atoms with Gasteiger partial charge in [0.05, 0.1) is 12.1 Å². The maximum absolute atomic E-state index is 12.4. The van der Waals surface area contributed by atoms with Crippen LogP contribution in [0.5, 0.6) is 0 Å². The molecule has 0 aliphatic carbocycles. The molecule has 1 amide bonds. The van der Waals surface area contributed by atoms with E-state index < -0.39 is 6.10 Å². The van der Waals surface area contributed by atoms with Crippen molar-refractivity contribution in [3.8, 4) is 0 Å². The Morgan fingerprint density at radius 1 is 1.36 bits per heavy atom. The smallest absolute Gasteiger partial charge is 0.237 e. The maximum atomic E-state index is 12.4. The van der Waals surface area contributed by atoms with E-state index in [-0.39, 0.29) is 18.5 Å². The quantitative estimate of drug-likeness (QED) is 0.878. The molecule has 1 aliphatic heterocycles. The minimum Gasteiger partial charge on any atom is -0.387 e. The van der Waals surface area contributed by atoms with Gasteiger partial charge in [-0.1, -0.05) is 29.8 Å². The minimum atomic E-state index is -0.663. The molecule has 0 aromatic heterocycles. The summed E-state index contributed by atoms with van der Waals surface area (Å²) < 4.78 is 0. The first-order chi connectivity index (χ1) is 10.4. The number of hydrogen-bond acceptors (Lipinski definition) is 3. The molecule has 0 spiro atoms. The highest BCUT2D eigenvalue weighted by atomic mass is 16.3. The molecule has 4 atom stereocenters. The van der Waals surface area contributed by atoms with E-state index in [1.807, 2.05) is 38.1 Å². The third kappa shape index (κ3) is 3.87. The number of rotatable bonds is 5. The summed E-state index contributed by atoms with van der Waals surface area (Å²) in [6.07, 6.45) is 1.62. The summed E-state index contributed by atoms with van der Waals surface area (Å²) in [4.78, 5) is 14.6. The molecule has 1 aromatic rings. The number of amides is 1. The Labute approximate surface area is 133 Å². The Morgan fingerprint density at radius 3 is 2.59 bits per heavy atom. The molecule has 2 N–H and O–H groups in total. The normalized spacial score (nSPS) is 25.0. The first kappa shape index (κ1) is 17.0. The highest BCUT2D eigenvalue weighted by Gasteiger charge is 2.34. The van der Waals surface area contributed by atoms with Gasteiger partial charge in [0.1, 0.15) is 0 Å². The van der Waals surface area contributed by atoms with Gasteiger partial charge in [0, 0.05) is 18.6 Å². The lowest BCUT2D eigenvalue weighted by molar-refractivity contribution is -0.127. The second-order valence-corrected chi connectivity index (χ2v) is 6.57. The van der Waals surface area contributed by atoms with Crippen LogP contribution < -0.4 is 5.32 Å².